The molecule has 1 rings (SSSR count). The number of aliphatic hydroxyl groups excluding tert-OH is 1. The van der Waals surface area contributed by atoms with E-state index in [2.05, 4.69) is 31.0 Å². The van der Waals surface area contributed by atoms with Gasteiger partial charge < -0.3 is 10.4 Å². The Balaban J connectivity index is 2.61. The normalized spacial score (nSPS) is 30.6. The smallest absolute Gasteiger partial charge is 0.0613 e. The van der Waals surface area contributed by atoms with Crippen LogP contribution in [0.3, 0.4) is 0 Å². The van der Waals surface area contributed by atoms with Gasteiger partial charge in [-0.1, -0.05) is 6.92 Å². The molecule has 0 heterocycles. The van der Waals surface area contributed by atoms with Crippen molar-refractivity contribution in [2.75, 3.05) is 20.2 Å². The molecule has 3 nitrogen and oxygen atoms in total. The largest absolute Gasteiger partial charge is 0.394 e. The lowest BCUT2D eigenvalue weighted by atomic mass is 9.98. The Morgan fingerprint density at radius 2 is 2.19 bits per heavy atom. The zero-order chi connectivity index (χ0) is 12.2. The zero-order valence-corrected chi connectivity index (χ0v) is 11.3. The maximum atomic E-state index is 9.50. The molecule has 0 aromatic heterocycles. The van der Waals surface area contributed by atoms with Crippen LogP contribution < -0.4 is 5.32 Å². The van der Waals surface area contributed by atoms with Crippen LogP contribution in [-0.2, 0) is 0 Å². The van der Waals surface area contributed by atoms with E-state index in [0.717, 1.165) is 12.8 Å². The van der Waals surface area contributed by atoms with Crippen molar-refractivity contribution >= 4 is 0 Å². The van der Waals surface area contributed by atoms with Crippen molar-refractivity contribution in [2.45, 2.75) is 64.1 Å². The molecule has 2 atom stereocenters. The molecular formula is C13H28N2O. The van der Waals surface area contributed by atoms with E-state index in [1.165, 1.54) is 19.4 Å². The monoisotopic (exact) mass is 228 g/mol. The standard InChI is InChI=1S/C13H28N2O/c1-5-8-15(11(2)3)12-6-7-13(9-12,10-16)14-4/h11-12,14,16H,5-10H2,1-4H3. The minimum atomic E-state index is -0.0223. The highest BCUT2D eigenvalue weighted by Gasteiger charge is 2.39. The van der Waals surface area contributed by atoms with E-state index in [4.69, 9.17) is 0 Å². The number of aliphatic hydroxyl groups is 1. The second-order valence-electron chi connectivity index (χ2n) is 5.42. The molecule has 0 aliphatic heterocycles. The maximum absolute atomic E-state index is 9.50. The lowest BCUT2D eigenvalue weighted by Gasteiger charge is -2.34. The summed E-state index contributed by atoms with van der Waals surface area (Å²) in [6.45, 7) is 8.22. The van der Waals surface area contributed by atoms with Crippen molar-refractivity contribution < 1.29 is 5.11 Å². The van der Waals surface area contributed by atoms with E-state index in [1.807, 2.05) is 7.05 Å². The summed E-state index contributed by atoms with van der Waals surface area (Å²) in [5, 5.41) is 12.8. The Labute approximate surface area is 100 Å². The fraction of sp³-hybridized carbons (Fsp3) is 1.00. The van der Waals surface area contributed by atoms with Gasteiger partial charge in [-0.05, 0) is 53.1 Å². The van der Waals surface area contributed by atoms with E-state index in [9.17, 15) is 5.11 Å². The van der Waals surface area contributed by atoms with Gasteiger partial charge in [-0.3, -0.25) is 4.90 Å². The van der Waals surface area contributed by atoms with Gasteiger partial charge in [-0.2, -0.15) is 0 Å². The van der Waals surface area contributed by atoms with E-state index >= 15 is 0 Å². The Hall–Kier alpha value is -0.120. The number of likely N-dealkylation sites (N-methyl/N-ethyl adjacent to an activating group) is 1. The predicted molar refractivity (Wildman–Crippen MR) is 68.6 cm³/mol. The summed E-state index contributed by atoms with van der Waals surface area (Å²) in [5.41, 5.74) is -0.0223. The average Bonchev–Trinajstić information content (AvgIpc) is 2.70. The molecule has 1 aliphatic rings. The summed E-state index contributed by atoms with van der Waals surface area (Å²) in [4.78, 5) is 2.59. The molecule has 0 aromatic carbocycles. The van der Waals surface area contributed by atoms with E-state index in [-0.39, 0.29) is 12.1 Å². The maximum Gasteiger partial charge on any atom is 0.0613 e. The fourth-order valence-electron chi connectivity index (χ4n) is 2.95. The Kier molecular flexibility index (Phi) is 5.22. The summed E-state index contributed by atoms with van der Waals surface area (Å²) in [6, 6.07) is 1.25. The quantitative estimate of drug-likeness (QED) is 0.725. The van der Waals surface area contributed by atoms with Crippen LogP contribution in [0.2, 0.25) is 0 Å². The van der Waals surface area contributed by atoms with Gasteiger partial charge in [0.15, 0.2) is 0 Å². The Morgan fingerprint density at radius 3 is 2.56 bits per heavy atom. The molecule has 0 saturated heterocycles. The van der Waals surface area contributed by atoms with Crippen LogP contribution in [0.5, 0.6) is 0 Å². The molecule has 0 radical (unpaired) electrons. The number of nitrogens with one attached hydrogen (secondary N) is 1. The van der Waals surface area contributed by atoms with Crippen LogP contribution >= 0.6 is 0 Å². The Bertz CT molecular complexity index is 202. The van der Waals surface area contributed by atoms with Crippen molar-refractivity contribution in [3.63, 3.8) is 0 Å². The summed E-state index contributed by atoms with van der Waals surface area (Å²) in [6.07, 6.45) is 4.59. The van der Waals surface area contributed by atoms with Crippen LogP contribution in [0.1, 0.15) is 46.5 Å². The lowest BCUT2D eigenvalue weighted by Crippen LogP contribution is -2.47. The molecule has 1 saturated carbocycles. The molecule has 0 bridgehead atoms. The van der Waals surface area contributed by atoms with Crippen molar-refractivity contribution in [3.05, 3.63) is 0 Å². The van der Waals surface area contributed by atoms with Crippen LogP contribution in [0.15, 0.2) is 0 Å². The van der Waals surface area contributed by atoms with Crippen LogP contribution in [0.4, 0.5) is 0 Å². The molecule has 0 aromatic rings. The predicted octanol–water partition coefficient (Wildman–Crippen LogP) is 1.61. The highest BCUT2D eigenvalue weighted by atomic mass is 16.3. The minimum absolute atomic E-state index is 0.0223. The van der Waals surface area contributed by atoms with Gasteiger partial charge in [0, 0.05) is 17.6 Å². The third-order valence-corrected chi connectivity index (χ3v) is 4.03. The van der Waals surface area contributed by atoms with Gasteiger partial charge in [-0.25, -0.2) is 0 Å². The van der Waals surface area contributed by atoms with Crippen LogP contribution in [0.25, 0.3) is 0 Å². The second-order valence-corrected chi connectivity index (χ2v) is 5.42. The first kappa shape index (κ1) is 13.9. The van der Waals surface area contributed by atoms with E-state index < -0.39 is 0 Å². The molecule has 1 fully saturated rings. The SMILES string of the molecule is CCCN(C(C)C)C1CCC(CO)(NC)C1. The van der Waals surface area contributed by atoms with Crippen LogP contribution in [0, 0.1) is 0 Å². The first-order valence-electron chi connectivity index (χ1n) is 6.64. The highest BCUT2D eigenvalue weighted by Crippen LogP contribution is 2.33. The summed E-state index contributed by atoms with van der Waals surface area (Å²) < 4.78 is 0. The molecule has 16 heavy (non-hydrogen) atoms. The molecule has 96 valence electrons. The average molecular weight is 228 g/mol. The van der Waals surface area contributed by atoms with Gasteiger partial charge in [0.25, 0.3) is 0 Å². The summed E-state index contributed by atoms with van der Waals surface area (Å²) in [7, 11) is 1.97. The molecule has 3 heteroatoms. The van der Waals surface area contributed by atoms with Crippen LogP contribution in [-0.4, -0.2) is 47.8 Å². The van der Waals surface area contributed by atoms with Crippen molar-refractivity contribution in [1.29, 1.82) is 0 Å². The molecule has 2 N–H and O–H groups in total. The van der Waals surface area contributed by atoms with Crippen molar-refractivity contribution in [1.82, 2.24) is 10.2 Å². The van der Waals surface area contributed by atoms with Crippen molar-refractivity contribution in [2.24, 2.45) is 0 Å². The fourth-order valence-corrected chi connectivity index (χ4v) is 2.95. The van der Waals surface area contributed by atoms with E-state index in [0.29, 0.717) is 12.1 Å². The number of hydrogen-bond acceptors (Lipinski definition) is 3. The lowest BCUT2D eigenvalue weighted by molar-refractivity contribution is 0.128. The zero-order valence-electron chi connectivity index (χ0n) is 11.3. The highest BCUT2D eigenvalue weighted by molar-refractivity contribution is 4.99. The van der Waals surface area contributed by atoms with Gasteiger partial charge in [0.05, 0.1) is 6.61 Å². The minimum Gasteiger partial charge on any atom is -0.394 e. The number of nitrogens with zero attached hydrogens (tertiary/aromatic N) is 1. The summed E-state index contributed by atoms with van der Waals surface area (Å²) in [5.74, 6) is 0. The first-order chi connectivity index (χ1) is 7.58. The van der Waals surface area contributed by atoms with Gasteiger partial charge in [0.1, 0.15) is 0 Å². The first-order valence-corrected chi connectivity index (χ1v) is 6.64. The molecule has 1 aliphatic carbocycles. The number of hydrogen-bond donors (Lipinski definition) is 2. The third-order valence-electron chi connectivity index (χ3n) is 4.03. The van der Waals surface area contributed by atoms with E-state index in [1.54, 1.807) is 0 Å². The van der Waals surface area contributed by atoms with Crippen molar-refractivity contribution in [3.8, 4) is 0 Å². The molecular weight excluding hydrogens is 200 g/mol. The van der Waals surface area contributed by atoms with Gasteiger partial charge in [-0.15, -0.1) is 0 Å². The molecule has 0 amide bonds. The van der Waals surface area contributed by atoms with Gasteiger partial charge in [0.2, 0.25) is 0 Å². The topological polar surface area (TPSA) is 35.5 Å². The summed E-state index contributed by atoms with van der Waals surface area (Å²) >= 11 is 0. The number of rotatable bonds is 6. The molecule has 0 spiro atoms. The Morgan fingerprint density at radius 1 is 1.50 bits per heavy atom. The second kappa shape index (κ2) is 5.99. The molecule has 2 unspecified atom stereocenters. The van der Waals surface area contributed by atoms with Gasteiger partial charge >= 0.3 is 0 Å². The third kappa shape index (κ3) is 2.96.